The first-order chi connectivity index (χ1) is 15.7. The quantitative estimate of drug-likeness (QED) is 0.427. The van der Waals surface area contributed by atoms with E-state index in [-0.39, 0.29) is 24.0 Å². The minimum absolute atomic E-state index is 0.00173. The molecule has 0 unspecified atom stereocenters. The van der Waals surface area contributed by atoms with E-state index in [1.54, 1.807) is 32.2 Å². The first kappa shape index (κ1) is 24.4. The van der Waals surface area contributed by atoms with Gasteiger partial charge in [0, 0.05) is 29.2 Å². The minimum Gasteiger partial charge on any atom is -0.497 e. The lowest BCUT2D eigenvalue weighted by Gasteiger charge is -2.26. The number of amides is 1. The van der Waals surface area contributed by atoms with Gasteiger partial charge in [0.15, 0.2) is 0 Å². The molecule has 3 N–H and O–H groups in total. The van der Waals surface area contributed by atoms with Crippen molar-refractivity contribution in [1.29, 1.82) is 10.8 Å². The highest BCUT2D eigenvalue weighted by Crippen LogP contribution is 2.33. The molecule has 174 valence electrons. The second kappa shape index (κ2) is 10.6. The Balaban J connectivity index is 2.09. The van der Waals surface area contributed by atoms with Crippen molar-refractivity contribution < 1.29 is 9.53 Å². The number of likely N-dealkylation sites (N-methyl/N-ethyl adjacent to an activating group) is 1. The lowest BCUT2D eigenvalue weighted by Crippen LogP contribution is -2.43. The molecule has 2 aromatic carbocycles. The fourth-order valence-corrected chi connectivity index (χ4v) is 3.73. The monoisotopic (exact) mass is 468 g/mol. The van der Waals surface area contributed by atoms with E-state index < -0.39 is 6.04 Å². The molecule has 3 rings (SSSR count). The molecule has 1 amide bonds. The Hall–Kier alpha value is -3.23. The van der Waals surface area contributed by atoms with Crippen LogP contribution in [0.4, 0.5) is 5.69 Å². The van der Waals surface area contributed by atoms with E-state index in [9.17, 15) is 4.79 Å². The van der Waals surface area contributed by atoms with Gasteiger partial charge in [0.2, 0.25) is 5.91 Å². The van der Waals surface area contributed by atoms with Gasteiger partial charge in [-0.05, 0) is 51.4 Å². The number of carbonyl (C=O) groups is 1. The van der Waals surface area contributed by atoms with Crippen molar-refractivity contribution >= 4 is 40.6 Å². The molecule has 0 aromatic heterocycles. The fraction of sp³-hybridized carbons (Fsp3) is 0.333. The van der Waals surface area contributed by atoms with Gasteiger partial charge < -0.3 is 15.0 Å². The van der Waals surface area contributed by atoms with E-state index in [0.29, 0.717) is 40.8 Å². The normalized spacial score (nSPS) is 15.6. The average molecular weight is 469 g/mol. The molecule has 33 heavy (non-hydrogen) atoms. The van der Waals surface area contributed by atoms with Crippen LogP contribution >= 0.6 is 11.6 Å². The lowest BCUT2D eigenvalue weighted by molar-refractivity contribution is -0.121. The molecular formula is C24H29ClN6O2. The number of benzene rings is 2. The van der Waals surface area contributed by atoms with E-state index in [4.69, 9.17) is 32.1 Å². The van der Waals surface area contributed by atoms with Crippen LogP contribution in [0.15, 0.2) is 47.5 Å². The zero-order chi connectivity index (χ0) is 24.1. The lowest BCUT2D eigenvalue weighted by atomic mass is 9.99. The Morgan fingerprint density at radius 3 is 2.55 bits per heavy atom. The molecule has 0 fully saturated rings. The van der Waals surface area contributed by atoms with Gasteiger partial charge in [0.25, 0.3) is 0 Å². The van der Waals surface area contributed by atoms with Crippen LogP contribution in [0, 0.1) is 10.8 Å². The maximum Gasteiger partial charge on any atom is 0.222 e. The Kier molecular flexibility index (Phi) is 7.84. The number of hydrogen-bond acceptors (Lipinski definition) is 6. The molecule has 0 spiro atoms. The zero-order valence-corrected chi connectivity index (χ0v) is 20.0. The number of rotatable bonds is 7. The second-order valence-electron chi connectivity index (χ2n) is 8.05. The molecule has 2 aromatic rings. The fourth-order valence-electron chi connectivity index (χ4n) is 3.60. The number of anilines is 1. The maximum atomic E-state index is 12.7. The highest BCUT2D eigenvalue weighted by atomic mass is 35.5. The molecule has 8 nitrogen and oxygen atoms in total. The van der Waals surface area contributed by atoms with Gasteiger partial charge in [0.1, 0.15) is 23.5 Å². The van der Waals surface area contributed by atoms with Gasteiger partial charge in [-0.25, -0.2) is 0 Å². The minimum atomic E-state index is -0.770. The second-order valence-corrected chi connectivity index (χ2v) is 8.48. The van der Waals surface area contributed by atoms with Crippen LogP contribution in [0.1, 0.15) is 24.5 Å². The number of benzodiazepines with no additional fused rings is 1. The van der Waals surface area contributed by atoms with Crippen LogP contribution < -0.4 is 15.0 Å². The summed E-state index contributed by atoms with van der Waals surface area (Å²) in [5.41, 5.74) is 2.76. The number of halogens is 1. The highest BCUT2D eigenvalue weighted by molar-refractivity contribution is 6.31. The number of nitrogens with zero attached hydrogens (tertiary/aromatic N) is 3. The molecule has 0 bridgehead atoms. The van der Waals surface area contributed by atoms with Crippen LogP contribution in [0.25, 0.3) is 0 Å². The van der Waals surface area contributed by atoms with Crippen LogP contribution in [0.3, 0.4) is 0 Å². The number of aliphatic imine (C=N–C) groups is 1. The van der Waals surface area contributed by atoms with Gasteiger partial charge in [-0.3, -0.25) is 25.5 Å². The van der Waals surface area contributed by atoms with Gasteiger partial charge in [-0.1, -0.05) is 23.7 Å². The predicted molar refractivity (Wildman–Crippen MR) is 134 cm³/mol. The summed E-state index contributed by atoms with van der Waals surface area (Å²) < 4.78 is 5.43. The van der Waals surface area contributed by atoms with Gasteiger partial charge in [0.05, 0.1) is 24.9 Å². The Morgan fingerprint density at radius 1 is 1.24 bits per heavy atom. The van der Waals surface area contributed by atoms with Crippen molar-refractivity contribution in [3.8, 4) is 5.75 Å². The van der Waals surface area contributed by atoms with Crippen molar-refractivity contribution in [2.45, 2.75) is 19.4 Å². The van der Waals surface area contributed by atoms with Crippen molar-refractivity contribution in [2.75, 3.05) is 39.2 Å². The molecule has 0 radical (unpaired) electrons. The van der Waals surface area contributed by atoms with Gasteiger partial charge >= 0.3 is 0 Å². The SMILES string of the molecule is COc1ccc2c(c1)C(c1ccc(Cl)cc1)=N[C@@H](CC(=O)NCCN(C)C)C(=N)N2C(C)=N. The van der Waals surface area contributed by atoms with E-state index >= 15 is 0 Å². The smallest absolute Gasteiger partial charge is 0.222 e. The first-order valence-corrected chi connectivity index (χ1v) is 11.0. The number of nitrogens with one attached hydrogen (secondary N) is 3. The molecule has 0 saturated carbocycles. The average Bonchev–Trinajstić information content (AvgIpc) is 2.88. The van der Waals surface area contributed by atoms with Crippen LogP contribution in [0.5, 0.6) is 5.75 Å². The standard InChI is InChI=1S/C24H29ClN6O2/c1-15(26)31-21-10-9-18(33-4)13-19(21)23(16-5-7-17(25)8-6-16)29-20(24(31)27)14-22(32)28-11-12-30(2)3/h5-10,13,20,26-27H,11-12,14H2,1-4H3,(H,28,32)/t20-/m0/s1. The molecule has 0 aliphatic carbocycles. The summed E-state index contributed by atoms with van der Waals surface area (Å²) >= 11 is 6.10. The Labute approximate surface area is 199 Å². The van der Waals surface area contributed by atoms with Crippen LogP contribution in [0.2, 0.25) is 5.02 Å². The Bertz CT molecular complexity index is 1080. The van der Waals surface area contributed by atoms with Gasteiger partial charge in [-0.2, -0.15) is 0 Å². The first-order valence-electron chi connectivity index (χ1n) is 10.6. The molecule has 9 heteroatoms. The zero-order valence-electron chi connectivity index (χ0n) is 19.3. The largest absolute Gasteiger partial charge is 0.497 e. The molecule has 1 aliphatic rings. The summed E-state index contributed by atoms with van der Waals surface area (Å²) in [5.74, 6) is 0.666. The summed E-state index contributed by atoms with van der Waals surface area (Å²) in [6.07, 6.45) is -0.00173. The van der Waals surface area contributed by atoms with Gasteiger partial charge in [-0.15, -0.1) is 0 Å². The molecule has 0 saturated heterocycles. The maximum absolute atomic E-state index is 12.7. The summed E-state index contributed by atoms with van der Waals surface area (Å²) in [5, 5.41) is 20.7. The molecule has 1 atom stereocenters. The molecule has 1 aliphatic heterocycles. The number of ether oxygens (including phenoxy) is 1. The van der Waals surface area contributed by atoms with E-state index in [1.807, 2.05) is 43.3 Å². The summed E-state index contributed by atoms with van der Waals surface area (Å²) in [4.78, 5) is 21.1. The summed E-state index contributed by atoms with van der Waals surface area (Å²) in [6, 6.07) is 11.9. The number of amidine groups is 2. The molecular weight excluding hydrogens is 440 g/mol. The van der Waals surface area contributed by atoms with E-state index in [0.717, 1.165) is 5.56 Å². The third-order valence-corrected chi connectivity index (χ3v) is 5.51. The van der Waals surface area contributed by atoms with Crippen molar-refractivity contribution in [3.63, 3.8) is 0 Å². The summed E-state index contributed by atoms with van der Waals surface area (Å²) in [6.45, 7) is 2.83. The number of methoxy groups -OCH3 is 1. The third kappa shape index (κ3) is 5.77. The highest BCUT2D eigenvalue weighted by Gasteiger charge is 2.32. The van der Waals surface area contributed by atoms with Crippen molar-refractivity contribution in [1.82, 2.24) is 10.2 Å². The number of fused-ring (bicyclic) bond motifs is 1. The van der Waals surface area contributed by atoms with Crippen molar-refractivity contribution in [3.05, 3.63) is 58.6 Å². The topological polar surface area (TPSA) is 105 Å². The number of hydrogen-bond donors (Lipinski definition) is 3. The van der Waals surface area contributed by atoms with Crippen molar-refractivity contribution in [2.24, 2.45) is 4.99 Å². The third-order valence-electron chi connectivity index (χ3n) is 5.25. The van der Waals surface area contributed by atoms with Crippen LogP contribution in [-0.4, -0.2) is 68.5 Å². The predicted octanol–water partition coefficient (Wildman–Crippen LogP) is 3.42. The van der Waals surface area contributed by atoms with E-state index in [2.05, 4.69) is 5.32 Å². The van der Waals surface area contributed by atoms with E-state index in [1.165, 1.54) is 4.90 Å². The summed E-state index contributed by atoms with van der Waals surface area (Å²) in [7, 11) is 5.46. The molecule has 1 heterocycles. The number of carbonyl (C=O) groups excluding carboxylic acids is 1. The Morgan fingerprint density at radius 2 is 1.94 bits per heavy atom. The van der Waals surface area contributed by atoms with Crippen LogP contribution in [-0.2, 0) is 4.79 Å².